The predicted molar refractivity (Wildman–Crippen MR) is 121 cm³/mol. The summed E-state index contributed by atoms with van der Waals surface area (Å²) >= 11 is 0. The van der Waals surface area contributed by atoms with Gasteiger partial charge in [-0.25, -0.2) is 0 Å². The van der Waals surface area contributed by atoms with E-state index in [1.807, 2.05) is 19.9 Å². The summed E-state index contributed by atoms with van der Waals surface area (Å²) in [5.74, 6) is 0. The van der Waals surface area contributed by atoms with Crippen LogP contribution in [-0.4, -0.2) is 36.6 Å². The lowest BCUT2D eigenvalue weighted by atomic mass is 10.0. The van der Waals surface area contributed by atoms with Crippen LogP contribution < -0.4 is 0 Å². The van der Waals surface area contributed by atoms with Gasteiger partial charge in [0.25, 0.3) is 0 Å². The highest BCUT2D eigenvalue weighted by atomic mass is 16.5. The normalized spacial score (nSPS) is 9.81. The fourth-order valence-corrected chi connectivity index (χ4v) is 2.69. The van der Waals surface area contributed by atoms with Crippen LogP contribution in [0.3, 0.4) is 0 Å². The number of allylic oxidation sites excluding steroid dienone is 1. The zero-order chi connectivity index (χ0) is 20.8. The van der Waals surface area contributed by atoms with Crippen molar-refractivity contribution in [3.8, 4) is 0 Å². The Hall–Kier alpha value is -0.380. The standard InChI is InChI=1S/C18H36.C4H10O.C2H6O2/c1-3-5-7-9-11-13-15-17-18-16-14-12-10-8-6-4-2;1-3-5-4-2;3-1-2-4/h3H,1,4-18H2,2H3;3-4H2,1-2H3;3-4H,1-2H2. The molecule has 3 nitrogen and oxygen atoms in total. The van der Waals surface area contributed by atoms with Gasteiger partial charge in [-0.05, 0) is 26.7 Å². The van der Waals surface area contributed by atoms with Crippen LogP contribution in [0.1, 0.15) is 117 Å². The van der Waals surface area contributed by atoms with Gasteiger partial charge in [0.05, 0.1) is 13.2 Å². The SMILES string of the molecule is C=CCCCCCCCCCCCCCCCC.CCOCC.OCCO. The van der Waals surface area contributed by atoms with Crippen LogP contribution >= 0.6 is 0 Å². The minimum Gasteiger partial charge on any atom is -0.394 e. The molecule has 0 fully saturated rings. The third-order valence-electron chi connectivity index (χ3n) is 4.27. The molecule has 0 rings (SSSR count). The zero-order valence-electron chi connectivity index (χ0n) is 19.0. The maximum absolute atomic E-state index is 7.62. The minimum absolute atomic E-state index is 0.125. The zero-order valence-corrected chi connectivity index (χ0v) is 19.0. The van der Waals surface area contributed by atoms with Crippen LogP contribution in [-0.2, 0) is 4.74 Å². The predicted octanol–water partition coefficient (Wildman–Crippen LogP) is 7.06. The molecule has 0 aromatic heterocycles. The first-order chi connectivity index (χ1) is 13.2. The number of ether oxygens (including phenoxy) is 1. The third kappa shape index (κ3) is 46.0. The molecule has 0 aromatic rings. The average molecular weight is 389 g/mol. The van der Waals surface area contributed by atoms with Gasteiger partial charge in [-0.2, -0.15) is 0 Å². The van der Waals surface area contributed by atoms with Crippen molar-refractivity contribution in [2.45, 2.75) is 117 Å². The molecule has 0 aliphatic rings. The first-order valence-electron chi connectivity index (χ1n) is 11.6. The van der Waals surface area contributed by atoms with Crippen molar-refractivity contribution in [3.05, 3.63) is 12.7 Å². The number of aliphatic hydroxyl groups is 2. The molecule has 3 heteroatoms. The summed E-state index contributed by atoms with van der Waals surface area (Å²) in [6.07, 6.45) is 23.5. The molecular weight excluding hydrogens is 336 g/mol. The Morgan fingerprint density at radius 2 is 0.926 bits per heavy atom. The van der Waals surface area contributed by atoms with E-state index in [4.69, 9.17) is 14.9 Å². The van der Waals surface area contributed by atoms with E-state index in [1.54, 1.807) is 0 Å². The lowest BCUT2D eigenvalue weighted by molar-refractivity contribution is 0.162. The highest BCUT2D eigenvalue weighted by Gasteiger charge is 1.93. The Morgan fingerprint density at radius 1 is 0.593 bits per heavy atom. The van der Waals surface area contributed by atoms with Gasteiger partial charge in [-0.1, -0.05) is 96.5 Å². The van der Waals surface area contributed by atoms with Crippen molar-refractivity contribution in [1.29, 1.82) is 0 Å². The summed E-state index contributed by atoms with van der Waals surface area (Å²) in [5, 5.41) is 15.2. The Balaban J connectivity index is -0.000000528. The first-order valence-corrected chi connectivity index (χ1v) is 11.6. The van der Waals surface area contributed by atoms with E-state index in [9.17, 15) is 0 Å². The summed E-state index contributed by atoms with van der Waals surface area (Å²) in [7, 11) is 0. The van der Waals surface area contributed by atoms with Gasteiger partial charge >= 0.3 is 0 Å². The third-order valence-corrected chi connectivity index (χ3v) is 4.27. The molecule has 27 heavy (non-hydrogen) atoms. The van der Waals surface area contributed by atoms with Crippen molar-refractivity contribution in [1.82, 2.24) is 0 Å². The van der Waals surface area contributed by atoms with Crippen LogP contribution in [0.4, 0.5) is 0 Å². The summed E-state index contributed by atoms with van der Waals surface area (Å²) in [5.41, 5.74) is 0. The topological polar surface area (TPSA) is 49.7 Å². The van der Waals surface area contributed by atoms with E-state index in [1.165, 1.54) is 96.3 Å². The van der Waals surface area contributed by atoms with E-state index in [0.29, 0.717) is 0 Å². The molecule has 0 atom stereocenters. The van der Waals surface area contributed by atoms with E-state index in [0.717, 1.165) is 13.2 Å². The van der Waals surface area contributed by atoms with Gasteiger partial charge in [-0.3, -0.25) is 0 Å². The second kappa shape index (κ2) is 36.5. The highest BCUT2D eigenvalue weighted by Crippen LogP contribution is 2.13. The molecule has 2 N–H and O–H groups in total. The lowest BCUT2D eigenvalue weighted by Gasteiger charge is -2.02. The van der Waals surface area contributed by atoms with E-state index >= 15 is 0 Å². The van der Waals surface area contributed by atoms with E-state index < -0.39 is 0 Å². The summed E-state index contributed by atoms with van der Waals surface area (Å²) in [4.78, 5) is 0. The quantitative estimate of drug-likeness (QED) is 0.195. The molecular formula is C24H52O3. The number of unbranched alkanes of at least 4 members (excludes halogenated alkanes) is 14. The minimum atomic E-state index is -0.125. The molecule has 166 valence electrons. The second-order valence-electron chi connectivity index (χ2n) is 6.90. The Kier molecular flexibility index (Phi) is 42.4. The molecule has 0 spiro atoms. The summed E-state index contributed by atoms with van der Waals surface area (Å²) in [6.45, 7) is 11.5. The summed E-state index contributed by atoms with van der Waals surface area (Å²) in [6, 6.07) is 0. The van der Waals surface area contributed by atoms with Gasteiger partial charge in [0.1, 0.15) is 0 Å². The second-order valence-corrected chi connectivity index (χ2v) is 6.90. The molecule has 0 radical (unpaired) electrons. The lowest BCUT2D eigenvalue weighted by Crippen LogP contribution is -1.85. The van der Waals surface area contributed by atoms with Crippen molar-refractivity contribution in [3.63, 3.8) is 0 Å². The molecule has 0 amide bonds. The summed E-state index contributed by atoms with van der Waals surface area (Å²) < 4.78 is 4.83. The molecule has 0 aromatic carbocycles. The molecule has 0 heterocycles. The fourth-order valence-electron chi connectivity index (χ4n) is 2.69. The number of hydrogen-bond donors (Lipinski definition) is 2. The molecule has 0 saturated heterocycles. The molecule has 0 saturated carbocycles. The maximum Gasteiger partial charge on any atom is 0.0662 e. The Labute approximate surface area is 171 Å². The van der Waals surface area contributed by atoms with Crippen molar-refractivity contribution >= 4 is 0 Å². The highest BCUT2D eigenvalue weighted by molar-refractivity contribution is 4.65. The van der Waals surface area contributed by atoms with E-state index in [2.05, 4.69) is 13.5 Å². The number of hydrogen-bond acceptors (Lipinski definition) is 3. The monoisotopic (exact) mass is 388 g/mol. The number of aliphatic hydroxyl groups excluding tert-OH is 2. The molecule has 0 aliphatic heterocycles. The van der Waals surface area contributed by atoms with Gasteiger partial charge in [0.2, 0.25) is 0 Å². The largest absolute Gasteiger partial charge is 0.394 e. The van der Waals surface area contributed by atoms with Gasteiger partial charge in [0, 0.05) is 13.2 Å². The van der Waals surface area contributed by atoms with Crippen LogP contribution in [0.2, 0.25) is 0 Å². The van der Waals surface area contributed by atoms with Gasteiger partial charge < -0.3 is 14.9 Å². The molecule has 0 unspecified atom stereocenters. The van der Waals surface area contributed by atoms with Crippen molar-refractivity contribution in [2.24, 2.45) is 0 Å². The van der Waals surface area contributed by atoms with Gasteiger partial charge in [0.15, 0.2) is 0 Å². The van der Waals surface area contributed by atoms with Crippen molar-refractivity contribution < 1.29 is 14.9 Å². The Morgan fingerprint density at radius 3 is 1.15 bits per heavy atom. The Bertz CT molecular complexity index is 216. The molecule has 0 aliphatic carbocycles. The van der Waals surface area contributed by atoms with E-state index in [-0.39, 0.29) is 13.2 Å². The van der Waals surface area contributed by atoms with Crippen molar-refractivity contribution in [2.75, 3.05) is 26.4 Å². The van der Waals surface area contributed by atoms with Crippen LogP contribution in [0.5, 0.6) is 0 Å². The van der Waals surface area contributed by atoms with Gasteiger partial charge in [-0.15, -0.1) is 6.58 Å². The average Bonchev–Trinajstić information content (AvgIpc) is 2.69. The van der Waals surface area contributed by atoms with Crippen LogP contribution in [0.15, 0.2) is 12.7 Å². The molecule has 0 bridgehead atoms. The smallest absolute Gasteiger partial charge is 0.0662 e. The fraction of sp³-hybridized carbons (Fsp3) is 0.917. The maximum atomic E-state index is 7.62. The first kappa shape index (κ1) is 31.3. The number of rotatable bonds is 18. The van der Waals surface area contributed by atoms with Crippen LogP contribution in [0.25, 0.3) is 0 Å². The van der Waals surface area contributed by atoms with Crippen LogP contribution in [0, 0.1) is 0 Å².